The summed E-state index contributed by atoms with van der Waals surface area (Å²) in [4.78, 5) is 27.6. The molecule has 27 heavy (non-hydrogen) atoms. The summed E-state index contributed by atoms with van der Waals surface area (Å²) < 4.78 is 27.0. The zero-order valence-corrected chi connectivity index (χ0v) is 15.9. The molecule has 0 radical (unpaired) electrons. The van der Waals surface area contributed by atoms with Gasteiger partial charge in [-0.2, -0.15) is 0 Å². The number of hydrogen-bond donors (Lipinski definition) is 2. The predicted octanol–water partition coefficient (Wildman–Crippen LogP) is 2.01. The number of aromatic amines is 1. The number of halogens is 1. The van der Waals surface area contributed by atoms with Crippen LogP contribution in [0.1, 0.15) is 12.6 Å². The van der Waals surface area contributed by atoms with Gasteiger partial charge in [0.1, 0.15) is 4.90 Å². The number of carbonyl (C=O) groups excluding carboxylic acids is 1. The number of aryl methyl sites for hydroxylation is 1. The van der Waals surface area contributed by atoms with E-state index in [-0.39, 0.29) is 16.3 Å². The number of hydrogen-bond acceptors (Lipinski definition) is 5. The SMILES string of the molecule is CC(=O)NS(=O)(=O)c1ccc(-n2[nH]c(C)c(-c3ccc(Cl)cc3)c2=O)nc1. The van der Waals surface area contributed by atoms with Crippen LogP contribution in [-0.4, -0.2) is 29.1 Å². The van der Waals surface area contributed by atoms with Crippen molar-refractivity contribution in [3.63, 3.8) is 0 Å². The molecule has 0 aliphatic rings. The summed E-state index contributed by atoms with van der Waals surface area (Å²) in [6.45, 7) is 2.84. The Labute approximate surface area is 159 Å². The van der Waals surface area contributed by atoms with Crippen LogP contribution in [0.5, 0.6) is 0 Å². The van der Waals surface area contributed by atoms with Crippen LogP contribution >= 0.6 is 11.6 Å². The van der Waals surface area contributed by atoms with Gasteiger partial charge in [0.05, 0.1) is 5.56 Å². The lowest BCUT2D eigenvalue weighted by Crippen LogP contribution is -2.28. The molecule has 0 saturated carbocycles. The monoisotopic (exact) mass is 406 g/mol. The van der Waals surface area contributed by atoms with Crippen molar-refractivity contribution in [2.45, 2.75) is 18.7 Å². The standard InChI is InChI=1S/C17H15ClN4O4S/c1-10-16(12-3-5-13(18)6-4-12)17(24)22(20-10)15-8-7-14(9-19-15)27(25,26)21-11(2)23/h3-9,20H,1-2H3,(H,21,23). The highest BCUT2D eigenvalue weighted by Gasteiger charge is 2.18. The Morgan fingerprint density at radius 2 is 1.85 bits per heavy atom. The van der Waals surface area contributed by atoms with Crippen LogP contribution in [0.3, 0.4) is 0 Å². The molecule has 3 aromatic rings. The van der Waals surface area contributed by atoms with Gasteiger partial charge in [-0.15, -0.1) is 0 Å². The van der Waals surface area contributed by atoms with Crippen molar-refractivity contribution in [2.24, 2.45) is 0 Å². The summed E-state index contributed by atoms with van der Waals surface area (Å²) in [5, 5.41) is 3.48. The van der Waals surface area contributed by atoms with Crippen LogP contribution in [0.25, 0.3) is 16.9 Å². The third kappa shape index (κ3) is 3.79. The number of carbonyl (C=O) groups is 1. The fourth-order valence-electron chi connectivity index (χ4n) is 2.58. The molecule has 0 fully saturated rings. The van der Waals surface area contributed by atoms with Crippen molar-refractivity contribution in [3.05, 3.63) is 63.7 Å². The van der Waals surface area contributed by atoms with Crippen molar-refractivity contribution < 1.29 is 13.2 Å². The normalized spacial score (nSPS) is 11.4. The molecule has 0 atom stereocenters. The highest BCUT2D eigenvalue weighted by Crippen LogP contribution is 2.21. The van der Waals surface area contributed by atoms with Gasteiger partial charge in [-0.05, 0) is 36.8 Å². The molecule has 0 bridgehead atoms. The third-order valence-electron chi connectivity index (χ3n) is 3.74. The molecule has 8 nitrogen and oxygen atoms in total. The average Bonchev–Trinajstić information content (AvgIpc) is 2.89. The van der Waals surface area contributed by atoms with Crippen LogP contribution < -0.4 is 10.3 Å². The zero-order chi connectivity index (χ0) is 19.8. The Kier molecular flexibility index (Phi) is 4.90. The smallest absolute Gasteiger partial charge is 0.280 e. The van der Waals surface area contributed by atoms with Gasteiger partial charge in [0.2, 0.25) is 5.91 Å². The minimum Gasteiger partial charge on any atom is -0.293 e. The summed E-state index contributed by atoms with van der Waals surface area (Å²) in [5.41, 5.74) is 1.45. The molecule has 140 valence electrons. The van der Waals surface area contributed by atoms with Crippen molar-refractivity contribution in [1.82, 2.24) is 19.5 Å². The molecule has 2 aromatic heterocycles. The van der Waals surface area contributed by atoms with Crippen molar-refractivity contribution >= 4 is 27.5 Å². The second kappa shape index (κ2) is 7.01. The van der Waals surface area contributed by atoms with Crippen molar-refractivity contribution in [2.75, 3.05) is 0 Å². The summed E-state index contributed by atoms with van der Waals surface area (Å²) in [5.74, 6) is -0.493. The first-order chi connectivity index (χ1) is 12.7. The van der Waals surface area contributed by atoms with E-state index in [1.807, 2.05) is 4.72 Å². The fraction of sp³-hybridized carbons (Fsp3) is 0.118. The molecule has 1 aromatic carbocycles. The Morgan fingerprint density at radius 3 is 2.41 bits per heavy atom. The number of H-pyrrole nitrogens is 1. The maximum atomic E-state index is 12.8. The molecular formula is C17H15ClN4O4S. The predicted molar refractivity (Wildman–Crippen MR) is 100 cm³/mol. The summed E-state index contributed by atoms with van der Waals surface area (Å²) >= 11 is 5.89. The summed E-state index contributed by atoms with van der Waals surface area (Å²) in [6.07, 6.45) is 1.07. The molecule has 3 rings (SSSR count). The quantitative estimate of drug-likeness (QED) is 0.688. The first-order valence-corrected chi connectivity index (χ1v) is 9.62. The first-order valence-electron chi connectivity index (χ1n) is 7.76. The Bertz CT molecular complexity index is 1160. The van der Waals surface area contributed by atoms with Crippen molar-refractivity contribution in [3.8, 4) is 16.9 Å². The maximum Gasteiger partial charge on any atom is 0.280 e. The van der Waals surface area contributed by atoms with Gasteiger partial charge in [0.25, 0.3) is 15.6 Å². The van der Waals surface area contributed by atoms with E-state index in [1.54, 1.807) is 31.2 Å². The minimum absolute atomic E-state index is 0.185. The number of amides is 1. The summed E-state index contributed by atoms with van der Waals surface area (Å²) in [7, 11) is -3.99. The van der Waals surface area contributed by atoms with Crippen LogP contribution in [0.4, 0.5) is 0 Å². The highest BCUT2D eigenvalue weighted by molar-refractivity contribution is 7.90. The van der Waals surface area contributed by atoms with E-state index in [9.17, 15) is 18.0 Å². The molecule has 0 aliphatic heterocycles. The van der Waals surface area contributed by atoms with E-state index >= 15 is 0 Å². The number of nitrogens with zero attached hydrogens (tertiary/aromatic N) is 2. The topological polar surface area (TPSA) is 114 Å². The summed E-state index contributed by atoms with van der Waals surface area (Å²) in [6, 6.07) is 9.48. The molecule has 1 amide bonds. The molecule has 0 saturated heterocycles. The minimum atomic E-state index is -3.99. The van der Waals surface area contributed by atoms with Crippen molar-refractivity contribution in [1.29, 1.82) is 0 Å². The fourth-order valence-corrected chi connectivity index (χ4v) is 3.64. The van der Waals surface area contributed by atoms with Crippen LogP contribution in [0.2, 0.25) is 5.02 Å². The first kappa shape index (κ1) is 18.9. The molecule has 0 spiro atoms. The lowest BCUT2D eigenvalue weighted by atomic mass is 10.1. The van der Waals surface area contributed by atoms with Gasteiger partial charge in [-0.1, -0.05) is 23.7 Å². The Balaban J connectivity index is 2.01. The lowest BCUT2D eigenvalue weighted by Gasteiger charge is -2.05. The van der Waals surface area contributed by atoms with Gasteiger partial charge in [-0.3, -0.25) is 14.7 Å². The second-order valence-electron chi connectivity index (χ2n) is 5.77. The molecular weight excluding hydrogens is 392 g/mol. The second-order valence-corrected chi connectivity index (χ2v) is 7.89. The Hall–Kier alpha value is -2.91. The van der Waals surface area contributed by atoms with E-state index < -0.39 is 15.9 Å². The van der Waals surface area contributed by atoms with Gasteiger partial charge >= 0.3 is 0 Å². The maximum absolute atomic E-state index is 12.8. The van der Waals surface area contributed by atoms with Crippen LogP contribution in [0.15, 0.2) is 52.3 Å². The third-order valence-corrected chi connectivity index (χ3v) is 5.41. The highest BCUT2D eigenvalue weighted by atomic mass is 35.5. The molecule has 2 heterocycles. The average molecular weight is 407 g/mol. The zero-order valence-electron chi connectivity index (χ0n) is 14.4. The number of pyridine rings is 1. The molecule has 0 unspecified atom stereocenters. The number of nitrogens with one attached hydrogen (secondary N) is 2. The number of benzene rings is 1. The van der Waals surface area contributed by atoms with E-state index in [4.69, 9.17) is 11.6 Å². The number of aromatic nitrogens is 3. The molecule has 0 aliphatic carbocycles. The lowest BCUT2D eigenvalue weighted by molar-refractivity contribution is -0.117. The number of sulfonamides is 1. The van der Waals surface area contributed by atoms with Crippen LogP contribution in [0, 0.1) is 6.92 Å². The van der Waals surface area contributed by atoms with E-state index in [0.717, 1.165) is 13.1 Å². The Morgan fingerprint density at radius 1 is 1.19 bits per heavy atom. The number of rotatable bonds is 4. The van der Waals surface area contributed by atoms with E-state index in [0.29, 0.717) is 21.8 Å². The largest absolute Gasteiger partial charge is 0.293 e. The van der Waals surface area contributed by atoms with E-state index in [2.05, 4.69) is 10.1 Å². The van der Waals surface area contributed by atoms with Gasteiger partial charge in [-0.25, -0.2) is 22.8 Å². The molecule has 10 heteroatoms. The van der Waals surface area contributed by atoms with Gasteiger partial charge in [0, 0.05) is 23.8 Å². The molecule has 2 N–H and O–H groups in total. The van der Waals surface area contributed by atoms with Crippen LogP contribution in [-0.2, 0) is 14.8 Å². The van der Waals surface area contributed by atoms with Gasteiger partial charge in [0.15, 0.2) is 5.82 Å². The van der Waals surface area contributed by atoms with Gasteiger partial charge < -0.3 is 0 Å². The van der Waals surface area contributed by atoms with E-state index in [1.165, 1.54) is 16.8 Å².